The van der Waals surface area contributed by atoms with E-state index in [1.165, 1.54) is 27.4 Å². The Balaban J connectivity index is 1.99. The fourth-order valence-corrected chi connectivity index (χ4v) is 2.29. The number of esters is 1. The zero-order valence-electron chi connectivity index (χ0n) is 16.2. The molecule has 2 aromatic carbocycles. The summed E-state index contributed by atoms with van der Waals surface area (Å²) in [5.41, 5.74) is 5.02. The number of carbonyl (C=O) groups excluding carboxylic acids is 2. The summed E-state index contributed by atoms with van der Waals surface area (Å²) in [5, 5.41) is 6.93. The molecule has 0 bridgehead atoms. The van der Waals surface area contributed by atoms with E-state index in [2.05, 4.69) is 15.8 Å². The van der Waals surface area contributed by atoms with E-state index in [-0.39, 0.29) is 18.2 Å². The van der Waals surface area contributed by atoms with Gasteiger partial charge in [-0.2, -0.15) is 5.10 Å². The van der Waals surface area contributed by atoms with E-state index >= 15 is 0 Å². The minimum Gasteiger partial charge on any atom is -0.493 e. The van der Waals surface area contributed by atoms with E-state index in [9.17, 15) is 9.59 Å². The number of hydrazone groups is 1. The van der Waals surface area contributed by atoms with Gasteiger partial charge in [0.25, 0.3) is 5.91 Å². The summed E-state index contributed by atoms with van der Waals surface area (Å²) in [6.07, 6.45) is 1.44. The molecule has 0 aliphatic heterocycles. The van der Waals surface area contributed by atoms with Crippen LogP contribution in [0.1, 0.15) is 18.1 Å². The van der Waals surface area contributed by atoms with E-state index in [1.807, 2.05) is 31.2 Å². The molecule has 0 fully saturated rings. The fourth-order valence-electron chi connectivity index (χ4n) is 2.29. The Bertz CT molecular complexity index is 838. The predicted octanol–water partition coefficient (Wildman–Crippen LogP) is 2.50. The molecule has 0 spiro atoms. The highest BCUT2D eigenvalue weighted by molar-refractivity contribution is 5.86. The number of nitrogens with zero attached hydrogens (tertiary/aromatic N) is 1. The molecule has 148 valence electrons. The lowest BCUT2D eigenvalue weighted by molar-refractivity contribution is -0.132. The van der Waals surface area contributed by atoms with Gasteiger partial charge in [0.15, 0.2) is 11.5 Å². The minimum atomic E-state index is -0.494. The predicted molar refractivity (Wildman–Crippen MR) is 106 cm³/mol. The average molecular weight is 385 g/mol. The van der Waals surface area contributed by atoms with Gasteiger partial charge in [-0.15, -0.1) is 0 Å². The summed E-state index contributed by atoms with van der Waals surface area (Å²) in [7, 11) is 2.89. The van der Waals surface area contributed by atoms with Crippen LogP contribution in [0.4, 0.5) is 5.69 Å². The van der Waals surface area contributed by atoms with Crippen molar-refractivity contribution in [3.05, 3.63) is 47.5 Å². The third-order valence-corrected chi connectivity index (χ3v) is 3.64. The largest absolute Gasteiger partial charge is 0.493 e. The lowest BCUT2D eigenvalue weighted by Crippen LogP contribution is -2.25. The van der Waals surface area contributed by atoms with E-state index in [1.54, 1.807) is 12.1 Å². The molecule has 8 nitrogen and oxygen atoms in total. The van der Waals surface area contributed by atoms with Gasteiger partial charge in [-0.1, -0.05) is 17.7 Å². The summed E-state index contributed by atoms with van der Waals surface area (Å²) < 4.78 is 15.6. The molecule has 2 aromatic rings. The number of hydrogen-bond acceptors (Lipinski definition) is 7. The SMILES string of the molecule is COc1cc(/C=N/NC(=O)CNc2ccc(C)cc2)cc(OC)c1OC(C)=O. The van der Waals surface area contributed by atoms with Crippen molar-refractivity contribution in [1.82, 2.24) is 5.43 Å². The number of rotatable bonds is 8. The molecule has 0 radical (unpaired) electrons. The number of benzene rings is 2. The zero-order valence-corrected chi connectivity index (χ0v) is 16.2. The minimum absolute atomic E-state index is 0.0818. The number of ether oxygens (including phenoxy) is 3. The molecule has 0 saturated heterocycles. The van der Waals surface area contributed by atoms with Crippen LogP contribution in [-0.4, -0.2) is 38.9 Å². The van der Waals surface area contributed by atoms with E-state index in [4.69, 9.17) is 14.2 Å². The standard InChI is InChI=1S/C20H23N3O5/c1-13-5-7-16(8-6-13)21-12-19(25)23-22-11-15-9-17(26-3)20(28-14(2)24)18(10-15)27-4/h5-11,21H,12H2,1-4H3,(H,23,25)/b22-11+. The third-order valence-electron chi connectivity index (χ3n) is 3.64. The van der Waals surface area contributed by atoms with Gasteiger partial charge in [0.05, 0.1) is 27.0 Å². The lowest BCUT2D eigenvalue weighted by Gasteiger charge is -2.13. The Hall–Kier alpha value is -3.55. The van der Waals surface area contributed by atoms with Crippen LogP contribution in [0.2, 0.25) is 0 Å². The highest BCUT2D eigenvalue weighted by Crippen LogP contribution is 2.38. The number of amides is 1. The van der Waals surface area contributed by atoms with Crippen LogP contribution in [0, 0.1) is 6.92 Å². The van der Waals surface area contributed by atoms with Gasteiger partial charge in [-0.05, 0) is 31.2 Å². The molecule has 2 rings (SSSR count). The summed E-state index contributed by atoms with van der Waals surface area (Å²) in [6.45, 7) is 3.36. The monoisotopic (exact) mass is 385 g/mol. The highest BCUT2D eigenvalue weighted by atomic mass is 16.6. The summed E-state index contributed by atoms with van der Waals surface area (Å²) in [4.78, 5) is 23.1. The number of aryl methyl sites for hydroxylation is 1. The van der Waals surface area contributed by atoms with Crippen LogP contribution in [0.3, 0.4) is 0 Å². The summed E-state index contributed by atoms with van der Waals surface area (Å²) in [6, 6.07) is 10.9. The van der Waals surface area contributed by atoms with Gasteiger partial charge < -0.3 is 19.5 Å². The Labute approximate surface area is 163 Å². The van der Waals surface area contributed by atoms with Gasteiger partial charge in [0.2, 0.25) is 5.75 Å². The Morgan fingerprint density at radius 2 is 1.68 bits per heavy atom. The first kappa shape index (κ1) is 20.8. The second-order valence-electron chi connectivity index (χ2n) is 5.86. The quantitative estimate of drug-likeness (QED) is 0.314. The maximum absolute atomic E-state index is 11.9. The summed E-state index contributed by atoms with van der Waals surface area (Å²) >= 11 is 0. The van der Waals surface area contributed by atoms with Crippen molar-refractivity contribution in [2.45, 2.75) is 13.8 Å². The first-order valence-electron chi connectivity index (χ1n) is 8.49. The van der Waals surface area contributed by atoms with Crippen molar-refractivity contribution in [2.75, 3.05) is 26.1 Å². The molecular formula is C20H23N3O5. The number of carbonyl (C=O) groups is 2. The second-order valence-corrected chi connectivity index (χ2v) is 5.86. The van der Waals surface area contributed by atoms with Gasteiger partial charge in [0, 0.05) is 18.2 Å². The first-order valence-corrected chi connectivity index (χ1v) is 8.49. The Kier molecular flexibility index (Phi) is 7.38. The molecule has 0 aliphatic rings. The number of nitrogens with one attached hydrogen (secondary N) is 2. The maximum atomic E-state index is 11.9. The molecule has 0 heterocycles. The molecule has 8 heteroatoms. The molecule has 0 atom stereocenters. The van der Waals surface area contributed by atoms with Crippen LogP contribution < -0.4 is 25.0 Å². The van der Waals surface area contributed by atoms with E-state index < -0.39 is 5.97 Å². The average Bonchev–Trinajstić information content (AvgIpc) is 2.67. The van der Waals surface area contributed by atoms with Gasteiger partial charge in [-0.3, -0.25) is 9.59 Å². The fraction of sp³-hybridized carbons (Fsp3) is 0.250. The van der Waals surface area contributed by atoms with E-state index in [0.29, 0.717) is 17.1 Å². The van der Waals surface area contributed by atoms with Crippen LogP contribution in [0.5, 0.6) is 17.2 Å². The smallest absolute Gasteiger partial charge is 0.308 e. The number of methoxy groups -OCH3 is 2. The maximum Gasteiger partial charge on any atom is 0.308 e. The lowest BCUT2D eigenvalue weighted by atomic mass is 10.2. The third kappa shape index (κ3) is 6.01. The van der Waals surface area contributed by atoms with Crippen molar-refractivity contribution in [1.29, 1.82) is 0 Å². The molecule has 1 amide bonds. The van der Waals surface area contributed by atoms with Gasteiger partial charge >= 0.3 is 5.97 Å². The van der Waals surface area contributed by atoms with Crippen LogP contribution in [-0.2, 0) is 9.59 Å². The molecule has 0 aliphatic carbocycles. The van der Waals surface area contributed by atoms with Crippen LogP contribution in [0.15, 0.2) is 41.5 Å². The van der Waals surface area contributed by atoms with Crippen molar-refractivity contribution in [3.63, 3.8) is 0 Å². The Morgan fingerprint density at radius 1 is 1.07 bits per heavy atom. The Morgan fingerprint density at radius 3 is 2.21 bits per heavy atom. The number of hydrogen-bond donors (Lipinski definition) is 2. The zero-order chi connectivity index (χ0) is 20.5. The molecule has 28 heavy (non-hydrogen) atoms. The first-order chi connectivity index (χ1) is 13.4. The highest BCUT2D eigenvalue weighted by Gasteiger charge is 2.15. The van der Waals surface area contributed by atoms with Gasteiger partial charge in [-0.25, -0.2) is 5.43 Å². The van der Waals surface area contributed by atoms with Crippen molar-refractivity contribution < 1.29 is 23.8 Å². The topological polar surface area (TPSA) is 98.2 Å². The second kappa shape index (κ2) is 9.96. The normalized spacial score (nSPS) is 10.4. The molecule has 0 unspecified atom stereocenters. The summed E-state index contributed by atoms with van der Waals surface area (Å²) in [5.74, 6) is 0.00589. The molecule has 2 N–H and O–H groups in total. The van der Waals surface area contributed by atoms with Crippen LogP contribution >= 0.6 is 0 Å². The van der Waals surface area contributed by atoms with Crippen molar-refractivity contribution in [3.8, 4) is 17.2 Å². The van der Waals surface area contributed by atoms with E-state index in [0.717, 1.165) is 11.3 Å². The molecule has 0 aromatic heterocycles. The molecule has 0 saturated carbocycles. The van der Waals surface area contributed by atoms with Crippen molar-refractivity contribution in [2.24, 2.45) is 5.10 Å². The van der Waals surface area contributed by atoms with Gasteiger partial charge in [0.1, 0.15) is 0 Å². The van der Waals surface area contributed by atoms with Crippen molar-refractivity contribution >= 4 is 23.8 Å². The van der Waals surface area contributed by atoms with Crippen LogP contribution in [0.25, 0.3) is 0 Å². The molecular weight excluding hydrogens is 362 g/mol. The number of anilines is 1.